The number of rotatable bonds is 9. The highest BCUT2D eigenvalue weighted by Crippen LogP contribution is 2.48. The van der Waals surface area contributed by atoms with Crippen LogP contribution >= 0.6 is 7.75 Å². The van der Waals surface area contributed by atoms with Crippen LogP contribution in [0.5, 0.6) is 5.75 Å². The van der Waals surface area contributed by atoms with Gasteiger partial charge in [0, 0.05) is 41.7 Å². The van der Waals surface area contributed by atoms with Crippen LogP contribution in [0, 0.1) is 6.92 Å². The standard InChI is InChI=1S/C20H21N8O6P/c1-13-11-28(20(30)24-19(13)29)18-9-16(25-27-21)17(33-18)12-32-35(31,26-14-3-2-6-23-10-14)34-15-4-7-22-8-5-15/h2-8,10-11,16-18H,9,12H2,1H3,(H,26,31)(H,24,29,30)/t16?,17-,18-,35?/m1/s1. The molecule has 35 heavy (non-hydrogen) atoms. The number of nitrogens with zero attached hydrogens (tertiary/aromatic N) is 6. The minimum absolute atomic E-state index is 0.134. The number of pyridine rings is 2. The van der Waals surface area contributed by atoms with E-state index in [0.717, 1.165) is 0 Å². The second-order valence-corrected chi connectivity index (χ2v) is 9.20. The third kappa shape index (κ3) is 5.94. The van der Waals surface area contributed by atoms with Crippen LogP contribution in [0.3, 0.4) is 0 Å². The predicted octanol–water partition coefficient (Wildman–Crippen LogP) is 2.92. The molecule has 0 amide bonds. The second-order valence-electron chi connectivity index (χ2n) is 7.54. The van der Waals surface area contributed by atoms with Crippen LogP contribution in [0.2, 0.25) is 0 Å². The molecule has 4 atom stereocenters. The first-order valence-electron chi connectivity index (χ1n) is 10.4. The second kappa shape index (κ2) is 10.5. The quantitative estimate of drug-likeness (QED) is 0.193. The van der Waals surface area contributed by atoms with E-state index in [-0.39, 0.29) is 18.8 Å². The van der Waals surface area contributed by atoms with Crippen molar-refractivity contribution in [3.8, 4) is 5.75 Å². The van der Waals surface area contributed by atoms with E-state index in [1.807, 2.05) is 0 Å². The Morgan fingerprint density at radius 1 is 1.31 bits per heavy atom. The van der Waals surface area contributed by atoms with Gasteiger partial charge < -0.3 is 9.26 Å². The maximum Gasteiger partial charge on any atom is 0.486 e. The van der Waals surface area contributed by atoms with Crippen molar-refractivity contribution in [3.63, 3.8) is 0 Å². The van der Waals surface area contributed by atoms with Gasteiger partial charge in [-0.3, -0.25) is 33.9 Å². The van der Waals surface area contributed by atoms with Crippen LogP contribution in [0.25, 0.3) is 10.4 Å². The van der Waals surface area contributed by atoms with Crippen molar-refractivity contribution in [2.75, 3.05) is 11.7 Å². The van der Waals surface area contributed by atoms with E-state index >= 15 is 0 Å². The summed E-state index contributed by atoms with van der Waals surface area (Å²) in [6, 6.07) is 5.56. The molecule has 1 saturated heterocycles. The lowest BCUT2D eigenvalue weighted by Gasteiger charge is -2.23. The van der Waals surface area contributed by atoms with Crippen LogP contribution < -0.4 is 20.9 Å². The van der Waals surface area contributed by atoms with Crippen molar-refractivity contribution in [3.05, 3.63) is 92.1 Å². The number of azide groups is 1. The molecule has 4 rings (SSSR count). The van der Waals surface area contributed by atoms with Crippen molar-refractivity contribution < 1.29 is 18.3 Å². The van der Waals surface area contributed by atoms with Gasteiger partial charge in [0.05, 0.1) is 30.6 Å². The van der Waals surface area contributed by atoms with Crippen molar-refractivity contribution in [1.82, 2.24) is 19.5 Å². The fourth-order valence-corrected chi connectivity index (χ4v) is 4.76. The van der Waals surface area contributed by atoms with E-state index in [9.17, 15) is 14.2 Å². The van der Waals surface area contributed by atoms with Gasteiger partial charge in [0.25, 0.3) is 5.56 Å². The molecule has 15 heteroatoms. The first-order valence-corrected chi connectivity index (χ1v) is 12.0. The monoisotopic (exact) mass is 500 g/mol. The summed E-state index contributed by atoms with van der Waals surface area (Å²) in [5.41, 5.74) is 8.51. The van der Waals surface area contributed by atoms with Gasteiger partial charge >= 0.3 is 13.4 Å². The Balaban J connectivity index is 1.55. The number of hydrogen-bond donors (Lipinski definition) is 2. The Morgan fingerprint density at radius 3 is 2.83 bits per heavy atom. The first-order chi connectivity index (χ1) is 16.9. The molecule has 1 aliphatic rings. The Morgan fingerprint density at radius 2 is 2.11 bits per heavy atom. The van der Waals surface area contributed by atoms with Gasteiger partial charge in [0.2, 0.25) is 0 Å². The fraction of sp³-hybridized carbons (Fsp3) is 0.300. The average molecular weight is 500 g/mol. The summed E-state index contributed by atoms with van der Waals surface area (Å²) in [6.45, 7) is 1.25. The highest BCUT2D eigenvalue weighted by molar-refractivity contribution is 7.55. The highest BCUT2D eigenvalue weighted by Gasteiger charge is 2.39. The lowest BCUT2D eigenvalue weighted by atomic mass is 10.1. The van der Waals surface area contributed by atoms with Crippen LogP contribution in [-0.4, -0.2) is 38.3 Å². The van der Waals surface area contributed by atoms with Gasteiger partial charge in [0.15, 0.2) is 0 Å². The van der Waals surface area contributed by atoms with Gasteiger partial charge in [-0.25, -0.2) is 9.36 Å². The smallest absolute Gasteiger partial charge is 0.409 e. The van der Waals surface area contributed by atoms with Gasteiger partial charge in [0.1, 0.15) is 12.0 Å². The lowest BCUT2D eigenvalue weighted by molar-refractivity contribution is -0.0234. The summed E-state index contributed by atoms with van der Waals surface area (Å²) in [5.74, 6) is 0.242. The molecule has 0 bridgehead atoms. The molecule has 1 fully saturated rings. The Hall–Kier alpha value is -3.96. The summed E-state index contributed by atoms with van der Waals surface area (Å²) >= 11 is 0. The van der Waals surface area contributed by atoms with E-state index in [4.69, 9.17) is 19.3 Å². The number of anilines is 1. The molecular formula is C20H21N8O6P. The van der Waals surface area contributed by atoms with Crippen LogP contribution in [0.4, 0.5) is 5.69 Å². The van der Waals surface area contributed by atoms with Gasteiger partial charge in [-0.1, -0.05) is 5.11 Å². The summed E-state index contributed by atoms with van der Waals surface area (Å²) in [4.78, 5) is 36.9. The molecule has 0 spiro atoms. The highest BCUT2D eigenvalue weighted by atomic mass is 31.2. The fourth-order valence-electron chi connectivity index (χ4n) is 3.40. The molecule has 0 saturated carbocycles. The lowest BCUT2D eigenvalue weighted by Crippen LogP contribution is -2.33. The third-order valence-electron chi connectivity index (χ3n) is 5.07. The Bertz CT molecular complexity index is 1330. The zero-order chi connectivity index (χ0) is 24.8. The zero-order valence-corrected chi connectivity index (χ0v) is 19.3. The Kier molecular flexibility index (Phi) is 7.28. The molecule has 3 aromatic heterocycles. The maximum absolute atomic E-state index is 13.6. The van der Waals surface area contributed by atoms with Crippen LogP contribution in [0.15, 0.2) is 70.0 Å². The topological polar surface area (TPSA) is 186 Å². The molecule has 182 valence electrons. The number of ether oxygens (including phenoxy) is 1. The van der Waals surface area contributed by atoms with Crippen molar-refractivity contribution in [1.29, 1.82) is 0 Å². The molecule has 3 aromatic rings. The van der Waals surface area contributed by atoms with E-state index in [1.54, 1.807) is 25.3 Å². The molecular weight excluding hydrogens is 479 g/mol. The van der Waals surface area contributed by atoms with E-state index < -0.39 is 37.4 Å². The number of aryl methyl sites for hydroxylation is 1. The molecule has 0 radical (unpaired) electrons. The van der Waals surface area contributed by atoms with E-state index in [2.05, 4.69) is 30.1 Å². The van der Waals surface area contributed by atoms with Crippen LogP contribution in [0.1, 0.15) is 18.2 Å². The van der Waals surface area contributed by atoms with E-state index in [1.165, 1.54) is 41.5 Å². The number of nitrogens with one attached hydrogen (secondary N) is 2. The minimum Gasteiger partial charge on any atom is -0.409 e. The Labute approximate surface area is 198 Å². The summed E-state index contributed by atoms with van der Waals surface area (Å²) < 4.78 is 32.0. The number of H-pyrrole nitrogens is 1. The van der Waals surface area contributed by atoms with Crippen molar-refractivity contribution in [2.24, 2.45) is 5.11 Å². The molecule has 1 aliphatic heterocycles. The average Bonchev–Trinajstić information content (AvgIpc) is 3.24. The van der Waals surface area contributed by atoms with Crippen molar-refractivity contribution in [2.45, 2.75) is 31.7 Å². The molecule has 0 aliphatic carbocycles. The summed E-state index contributed by atoms with van der Waals surface area (Å²) in [7, 11) is -4.03. The SMILES string of the molecule is Cc1cn([C@H]2CC(N=[N+]=[N-])[C@@H](COP(=O)(Nc3cccnc3)Oc3ccncc3)O2)c(=O)[nH]c1=O. The van der Waals surface area contributed by atoms with E-state index in [0.29, 0.717) is 11.3 Å². The minimum atomic E-state index is -4.03. The van der Waals surface area contributed by atoms with Gasteiger partial charge in [-0.15, -0.1) is 0 Å². The maximum atomic E-state index is 13.6. The predicted molar refractivity (Wildman–Crippen MR) is 124 cm³/mol. The number of hydrogen-bond acceptors (Lipinski definition) is 9. The largest absolute Gasteiger partial charge is 0.486 e. The number of aromatic amines is 1. The first kappa shape index (κ1) is 24.2. The summed E-state index contributed by atoms with van der Waals surface area (Å²) in [5, 5.41) is 6.45. The van der Waals surface area contributed by atoms with Gasteiger partial charge in [-0.2, -0.15) is 0 Å². The normalized spacial score (nSPS) is 21.0. The zero-order valence-electron chi connectivity index (χ0n) is 18.4. The molecule has 2 N–H and O–H groups in total. The molecule has 2 unspecified atom stereocenters. The number of aromatic nitrogens is 4. The summed E-state index contributed by atoms with van der Waals surface area (Å²) in [6.07, 6.45) is 5.74. The molecule has 14 nitrogen and oxygen atoms in total. The van der Waals surface area contributed by atoms with Crippen molar-refractivity contribution >= 4 is 13.4 Å². The molecule has 4 heterocycles. The third-order valence-corrected chi connectivity index (χ3v) is 6.54. The molecule has 0 aromatic carbocycles. The van der Waals surface area contributed by atoms with Crippen LogP contribution in [-0.2, 0) is 13.8 Å². The van der Waals surface area contributed by atoms with Gasteiger partial charge in [-0.05, 0) is 36.7 Å².